The van der Waals surface area contributed by atoms with Gasteiger partial charge in [0.25, 0.3) is 5.56 Å². The molecule has 1 fully saturated rings. The van der Waals surface area contributed by atoms with Crippen LogP contribution < -0.4 is 5.56 Å². The molecule has 0 unspecified atom stereocenters. The van der Waals surface area contributed by atoms with Crippen molar-refractivity contribution >= 4 is 11.0 Å². The lowest BCUT2D eigenvalue weighted by atomic mass is 9.94. The van der Waals surface area contributed by atoms with Gasteiger partial charge in [0.05, 0.1) is 11.1 Å². The Morgan fingerprint density at radius 2 is 1.52 bits per heavy atom. The van der Waals surface area contributed by atoms with Gasteiger partial charge in [-0.15, -0.1) is 0 Å². The summed E-state index contributed by atoms with van der Waals surface area (Å²) in [7, 11) is 0. The van der Waals surface area contributed by atoms with E-state index in [9.17, 15) is 4.79 Å². The first kappa shape index (κ1) is 17.9. The SMILES string of the molecule is Cc1nc2c(c(-c3ccccc3)c(-c3ccccc3)n2C2CCCCC2)c(=O)[nH]1. The zero-order valence-electron chi connectivity index (χ0n) is 16.7. The first-order valence-electron chi connectivity index (χ1n) is 10.5. The van der Waals surface area contributed by atoms with Gasteiger partial charge in [-0.1, -0.05) is 79.9 Å². The number of hydrogen-bond acceptors (Lipinski definition) is 2. The molecule has 1 aliphatic rings. The number of aromatic nitrogens is 3. The highest BCUT2D eigenvalue weighted by atomic mass is 16.1. The second-order valence-electron chi connectivity index (χ2n) is 7.97. The van der Waals surface area contributed by atoms with Crippen molar-refractivity contribution in [1.82, 2.24) is 14.5 Å². The molecule has 4 aromatic rings. The van der Waals surface area contributed by atoms with E-state index in [1.54, 1.807) is 0 Å². The Morgan fingerprint density at radius 1 is 0.897 bits per heavy atom. The van der Waals surface area contributed by atoms with Crippen LogP contribution in [0.2, 0.25) is 0 Å². The van der Waals surface area contributed by atoms with Crippen LogP contribution in [0.1, 0.15) is 44.0 Å². The third kappa shape index (κ3) is 3.09. The van der Waals surface area contributed by atoms with Crippen molar-refractivity contribution in [2.24, 2.45) is 0 Å². The van der Waals surface area contributed by atoms with Gasteiger partial charge in [0.2, 0.25) is 0 Å². The van der Waals surface area contributed by atoms with Crippen molar-refractivity contribution in [1.29, 1.82) is 0 Å². The van der Waals surface area contributed by atoms with Crippen LogP contribution in [0.25, 0.3) is 33.4 Å². The lowest BCUT2D eigenvalue weighted by Crippen LogP contribution is -2.16. The van der Waals surface area contributed by atoms with Crippen LogP contribution in [0, 0.1) is 6.92 Å². The molecule has 4 heteroatoms. The van der Waals surface area contributed by atoms with Crippen LogP contribution in [0.3, 0.4) is 0 Å². The van der Waals surface area contributed by atoms with E-state index in [0.29, 0.717) is 17.3 Å². The van der Waals surface area contributed by atoms with E-state index in [1.165, 1.54) is 19.3 Å². The van der Waals surface area contributed by atoms with Crippen LogP contribution in [-0.2, 0) is 0 Å². The van der Waals surface area contributed by atoms with Crippen LogP contribution >= 0.6 is 0 Å². The molecule has 2 aromatic carbocycles. The standard InChI is InChI=1S/C25H25N3O/c1-17-26-24-22(25(29)27-17)21(18-11-5-2-6-12-18)23(19-13-7-3-8-14-19)28(24)20-15-9-4-10-16-20/h2-3,5-8,11-14,20H,4,9-10,15-16H2,1H3,(H,26,27,29). The van der Waals surface area contributed by atoms with Gasteiger partial charge in [-0.3, -0.25) is 4.79 Å². The van der Waals surface area contributed by atoms with Gasteiger partial charge >= 0.3 is 0 Å². The Kier molecular flexibility index (Phi) is 4.55. The van der Waals surface area contributed by atoms with E-state index in [1.807, 2.05) is 31.2 Å². The molecule has 2 aromatic heterocycles. The molecule has 0 atom stereocenters. The Labute approximate surface area is 170 Å². The van der Waals surface area contributed by atoms with Gasteiger partial charge in [0.15, 0.2) is 0 Å². The van der Waals surface area contributed by atoms with Crippen LogP contribution in [0.4, 0.5) is 0 Å². The van der Waals surface area contributed by atoms with Crippen molar-refractivity contribution < 1.29 is 0 Å². The first-order chi connectivity index (χ1) is 14.2. The largest absolute Gasteiger partial charge is 0.321 e. The van der Waals surface area contributed by atoms with E-state index in [2.05, 4.69) is 45.9 Å². The molecular formula is C25H25N3O. The van der Waals surface area contributed by atoms with E-state index in [-0.39, 0.29) is 5.56 Å². The van der Waals surface area contributed by atoms with E-state index >= 15 is 0 Å². The minimum absolute atomic E-state index is 0.0573. The molecule has 1 N–H and O–H groups in total. The molecule has 0 bridgehead atoms. The predicted octanol–water partition coefficient (Wildman–Crippen LogP) is 5.87. The van der Waals surface area contributed by atoms with Crippen molar-refractivity contribution in [3.63, 3.8) is 0 Å². The van der Waals surface area contributed by atoms with Crippen molar-refractivity contribution in [2.45, 2.75) is 45.1 Å². The molecule has 5 rings (SSSR count). The summed E-state index contributed by atoms with van der Waals surface area (Å²) in [4.78, 5) is 21.0. The number of fused-ring (bicyclic) bond motifs is 1. The van der Waals surface area contributed by atoms with E-state index in [4.69, 9.17) is 4.98 Å². The summed E-state index contributed by atoms with van der Waals surface area (Å²) in [6.07, 6.45) is 5.99. The maximum atomic E-state index is 13.2. The van der Waals surface area contributed by atoms with Gasteiger partial charge in [0, 0.05) is 11.6 Å². The Morgan fingerprint density at radius 3 is 2.17 bits per heavy atom. The second-order valence-corrected chi connectivity index (χ2v) is 7.97. The van der Waals surface area contributed by atoms with E-state index in [0.717, 1.165) is 40.9 Å². The molecular weight excluding hydrogens is 358 g/mol. The summed E-state index contributed by atoms with van der Waals surface area (Å²) in [5, 5.41) is 0.700. The van der Waals surface area contributed by atoms with Gasteiger partial charge < -0.3 is 9.55 Å². The van der Waals surface area contributed by atoms with E-state index < -0.39 is 0 Å². The fraction of sp³-hybridized carbons (Fsp3) is 0.280. The highest BCUT2D eigenvalue weighted by Crippen LogP contribution is 2.43. The first-order valence-corrected chi connectivity index (χ1v) is 10.5. The molecule has 146 valence electrons. The van der Waals surface area contributed by atoms with Gasteiger partial charge in [0.1, 0.15) is 11.5 Å². The molecule has 0 spiro atoms. The van der Waals surface area contributed by atoms with Crippen LogP contribution in [0.15, 0.2) is 65.5 Å². The minimum atomic E-state index is -0.0573. The van der Waals surface area contributed by atoms with Gasteiger partial charge in [-0.05, 0) is 30.9 Å². The average Bonchev–Trinajstić information content (AvgIpc) is 3.11. The molecule has 0 saturated heterocycles. The monoisotopic (exact) mass is 383 g/mol. The molecule has 0 aliphatic heterocycles. The second kappa shape index (κ2) is 7.36. The zero-order chi connectivity index (χ0) is 19.8. The Bertz CT molecular complexity index is 1200. The highest BCUT2D eigenvalue weighted by Gasteiger charge is 2.28. The fourth-order valence-corrected chi connectivity index (χ4v) is 4.78. The van der Waals surface area contributed by atoms with Crippen LogP contribution in [0.5, 0.6) is 0 Å². The summed E-state index contributed by atoms with van der Waals surface area (Å²) in [6.45, 7) is 1.86. The summed E-state index contributed by atoms with van der Waals surface area (Å²) in [5.41, 5.74) is 5.05. The van der Waals surface area contributed by atoms with Crippen LogP contribution in [-0.4, -0.2) is 14.5 Å². The quantitative estimate of drug-likeness (QED) is 0.481. The molecule has 0 radical (unpaired) electrons. The minimum Gasteiger partial charge on any atom is -0.321 e. The Balaban J connectivity index is 1.94. The summed E-state index contributed by atoms with van der Waals surface area (Å²) >= 11 is 0. The highest BCUT2D eigenvalue weighted by molar-refractivity contribution is 6.02. The number of nitrogens with zero attached hydrogens (tertiary/aromatic N) is 2. The lowest BCUT2D eigenvalue weighted by molar-refractivity contribution is 0.362. The van der Waals surface area contributed by atoms with Crippen molar-refractivity contribution in [3.8, 4) is 22.4 Å². The fourth-order valence-electron chi connectivity index (χ4n) is 4.78. The van der Waals surface area contributed by atoms with Gasteiger partial charge in [-0.25, -0.2) is 4.98 Å². The Hall–Kier alpha value is -3.14. The number of nitrogens with one attached hydrogen (secondary N) is 1. The smallest absolute Gasteiger partial charge is 0.261 e. The summed E-state index contributed by atoms with van der Waals surface area (Å²) in [6, 6.07) is 21.1. The molecule has 0 amide bonds. The number of H-pyrrole nitrogens is 1. The normalized spacial score (nSPS) is 15.1. The van der Waals surface area contributed by atoms with Gasteiger partial charge in [-0.2, -0.15) is 0 Å². The lowest BCUT2D eigenvalue weighted by Gasteiger charge is -2.26. The molecule has 1 aliphatic carbocycles. The third-order valence-corrected chi connectivity index (χ3v) is 6.02. The van der Waals surface area contributed by atoms with Crippen molar-refractivity contribution in [3.05, 3.63) is 76.8 Å². The number of rotatable bonds is 3. The zero-order valence-corrected chi connectivity index (χ0v) is 16.7. The maximum Gasteiger partial charge on any atom is 0.261 e. The molecule has 2 heterocycles. The molecule has 29 heavy (non-hydrogen) atoms. The number of benzene rings is 2. The molecule has 1 saturated carbocycles. The summed E-state index contributed by atoms with van der Waals surface area (Å²) < 4.78 is 2.37. The third-order valence-electron chi connectivity index (χ3n) is 6.02. The summed E-state index contributed by atoms with van der Waals surface area (Å²) in [5.74, 6) is 0.663. The maximum absolute atomic E-state index is 13.2. The number of hydrogen-bond donors (Lipinski definition) is 1. The number of aryl methyl sites for hydroxylation is 1. The van der Waals surface area contributed by atoms with Crippen molar-refractivity contribution in [2.75, 3.05) is 0 Å². The number of aromatic amines is 1. The average molecular weight is 383 g/mol. The predicted molar refractivity (Wildman–Crippen MR) is 118 cm³/mol. The topological polar surface area (TPSA) is 50.7 Å². The molecule has 4 nitrogen and oxygen atoms in total.